The summed E-state index contributed by atoms with van der Waals surface area (Å²) in [6.45, 7) is 17.3. The van der Waals surface area contributed by atoms with Crippen molar-refractivity contribution in [1.29, 1.82) is 0 Å². The molecule has 0 atom stereocenters. The second-order valence-electron chi connectivity index (χ2n) is 14.2. The van der Waals surface area contributed by atoms with Crippen LogP contribution in [-0.2, 0) is 10.8 Å². The van der Waals surface area contributed by atoms with Crippen molar-refractivity contribution in [1.82, 2.24) is 4.57 Å². The molecule has 0 fully saturated rings. The summed E-state index contributed by atoms with van der Waals surface area (Å²) < 4.78 is 1.45. The quantitative estimate of drug-likeness (QED) is 0.197. The molecule has 0 N–H and O–H groups in total. The Bertz CT molecular complexity index is 2320. The van der Waals surface area contributed by atoms with Gasteiger partial charge in [-0.1, -0.05) is 84.0 Å². The second kappa shape index (κ2) is 7.33. The molecule has 0 aliphatic carbocycles. The minimum absolute atomic E-state index is 0.152. The Morgan fingerprint density at radius 3 is 1.34 bits per heavy atom. The second-order valence-corrected chi connectivity index (χ2v) is 14.2. The lowest BCUT2D eigenvalue weighted by Gasteiger charge is -2.23. The predicted molar refractivity (Wildman–Crippen MR) is 175 cm³/mol. The molecule has 8 aromatic rings. The molecule has 0 radical (unpaired) electrons. The van der Waals surface area contributed by atoms with Gasteiger partial charge in [-0.25, -0.2) is 4.57 Å². The monoisotopic (exact) mass is 535 g/mol. The number of rotatable bonds is 1. The molecule has 1 heterocycles. The smallest absolute Gasteiger partial charge is 0.266 e. The molecule has 0 spiro atoms. The largest absolute Gasteiger partial charge is 0.268 e. The van der Waals surface area contributed by atoms with Gasteiger partial charge in [-0.05, 0) is 113 Å². The normalized spacial score (nSPS) is 13.6. The number of benzene rings is 6. The Morgan fingerprint density at radius 1 is 0.512 bits per heavy atom. The van der Waals surface area contributed by atoms with Crippen LogP contribution in [0.1, 0.15) is 63.8 Å². The van der Waals surface area contributed by atoms with Gasteiger partial charge in [0.1, 0.15) is 0 Å². The molecular weight excluding hydrogens is 502 g/mol. The maximum absolute atomic E-state index is 14.6. The number of fused-ring (bicyclic) bond motifs is 3. The zero-order valence-corrected chi connectivity index (χ0v) is 25.0. The third kappa shape index (κ3) is 2.84. The minimum Gasteiger partial charge on any atom is -0.268 e. The Balaban J connectivity index is 1.78. The number of aromatic nitrogens is 1. The number of aryl methyl sites for hydroxylation is 2. The van der Waals surface area contributed by atoms with Gasteiger partial charge >= 0.3 is 0 Å². The van der Waals surface area contributed by atoms with Crippen LogP contribution in [0.3, 0.4) is 0 Å². The van der Waals surface area contributed by atoms with E-state index in [0.717, 1.165) is 32.7 Å². The van der Waals surface area contributed by atoms with Crippen molar-refractivity contribution >= 4 is 64.6 Å². The van der Waals surface area contributed by atoms with Crippen LogP contribution in [0, 0.1) is 13.8 Å². The summed E-state index contributed by atoms with van der Waals surface area (Å²) >= 11 is 0. The molecule has 0 bridgehead atoms. The van der Waals surface area contributed by atoms with Gasteiger partial charge in [0, 0.05) is 0 Å². The van der Waals surface area contributed by atoms with Gasteiger partial charge < -0.3 is 0 Å². The summed E-state index contributed by atoms with van der Waals surface area (Å²) in [4.78, 5) is 29.2. The number of nitrogens with zero attached hydrogens (tertiary/aromatic N) is 1. The van der Waals surface area contributed by atoms with E-state index < -0.39 is 0 Å². The molecule has 1 aromatic heterocycles. The van der Waals surface area contributed by atoms with Crippen LogP contribution in [0.2, 0.25) is 0 Å². The van der Waals surface area contributed by atoms with Crippen molar-refractivity contribution in [3.8, 4) is 5.69 Å². The number of hydrogen-bond donors (Lipinski definition) is 0. The topological polar surface area (TPSA) is 39.1 Å². The highest BCUT2D eigenvalue weighted by molar-refractivity contribution is 6.48. The van der Waals surface area contributed by atoms with Gasteiger partial charge in [0.15, 0.2) is 0 Å². The van der Waals surface area contributed by atoms with E-state index in [1.54, 1.807) is 0 Å². The Morgan fingerprint density at radius 2 is 0.927 bits per heavy atom. The lowest BCUT2D eigenvalue weighted by molar-refractivity contribution is 0.596. The Labute approximate surface area is 238 Å². The fourth-order valence-corrected chi connectivity index (χ4v) is 7.79. The van der Waals surface area contributed by atoms with Crippen molar-refractivity contribution in [3.05, 3.63) is 97.6 Å². The van der Waals surface area contributed by atoms with Gasteiger partial charge in [-0.15, -0.1) is 0 Å². The van der Waals surface area contributed by atoms with E-state index >= 15 is 0 Å². The average molecular weight is 536 g/mol. The maximum atomic E-state index is 14.6. The Kier molecular flexibility index (Phi) is 4.39. The number of hydrogen-bond acceptors (Lipinski definition) is 2. The molecule has 0 aliphatic rings. The molecular formula is C38H33NO2. The first-order valence-corrected chi connectivity index (χ1v) is 14.5. The molecule has 0 saturated carbocycles. The van der Waals surface area contributed by atoms with Crippen molar-refractivity contribution in [3.63, 3.8) is 0 Å². The van der Waals surface area contributed by atoms with E-state index in [0.29, 0.717) is 16.5 Å². The minimum atomic E-state index is -0.218. The lowest BCUT2D eigenvalue weighted by atomic mass is 9.80. The van der Waals surface area contributed by atoms with Crippen LogP contribution < -0.4 is 11.1 Å². The average Bonchev–Trinajstić information content (AvgIpc) is 3.38. The van der Waals surface area contributed by atoms with Crippen LogP contribution in [0.4, 0.5) is 0 Å². The van der Waals surface area contributed by atoms with Gasteiger partial charge in [0.2, 0.25) is 0 Å². The van der Waals surface area contributed by atoms with E-state index in [9.17, 15) is 9.59 Å². The van der Waals surface area contributed by atoms with Crippen LogP contribution >= 0.6 is 0 Å². The zero-order valence-electron chi connectivity index (χ0n) is 25.0. The first-order valence-electron chi connectivity index (χ1n) is 14.5. The van der Waals surface area contributed by atoms with Crippen LogP contribution in [-0.4, -0.2) is 4.57 Å². The van der Waals surface area contributed by atoms with Gasteiger partial charge in [-0.3, -0.25) is 9.59 Å². The van der Waals surface area contributed by atoms with Crippen molar-refractivity contribution in [2.75, 3.05) is 0 Å². The number of para-hydroxylation sites is 1. The molecule has 202 valence electrons. The molecule has 0 unspecified atom stereocenters. The van der Waals surface area contributed by atoms with Gasteiger partial charge in [0.25, 0.3) is 11.1 Å². The van der Waals surface area contributed by atoms with E-state index in [4.69, 9.17) is 0 Å². The van der Waals surface area contributed by atoms with Gasteiger partial charge in [-0.2, -0.15) is 0 Å². The summed E-state index contributed by atoms with van der Waals surface area (Å²) in [6.07, 6.45) is 0. The third-order valence-corrected chi connectivity index (χ3v) is 9.53. The lowest BCUT2D eigenvalue weighted by Crippen LogP contribution is -2.25. The van der Waals surface area contributed by atoms with Crippen LogP contribution in [0.25, 0.3) is 70.3 Å². The molecule has 7 aromatic carbocycles. The fraction of sp³-hybridized carbons (Fsp3) is 0.263. The highest BCUT2D eigenvalue weighted by Crippen LogP contribution is 2.53. The predicted octanol–water partition coefficient (Wildman–Crippen LogP) is 9.08. The van der Waals surface area contributed by atoms with Crippen molar-refractivity contribution < 1.29 is 0 Å². The van der Waals surface area contributed by atoms with Crippen molar-refractivity contribution in [2.24, 2.45) is 0 Å². The SMILES string of the molecule is Cc1cccc(C)c1-n1c(=O)c2c3cc(C(C)(C)C)c4ccc5ccc6c(C(C)(C)C)cc(c2c1=O)c1c6c5c4c31. The first kappa shape index (κ1) is 24.5. The Hall–Kier alpha value is -4.24. The van der Waals surface area contributed by atoms with Crippen molar-refractivity contribution in [2.45, 2.75) is 66.2 Å². The molecule has 0 saturated heterocycles. The zero-order chi connectivity index (χ0) is 28.9. The maximum Gasteiger partial charge on any atom is 0.266 e. The fourth-order valence-electron chi connectivity index (χ4n) is 7.79. The molecule has 3 nitrogen and oxygen atoms in total. The van der Waals surface area contributed by atoms with E-state index in [2.05, 4.69) is 77.9 Å². The highest BCUT2D eigenvalue weighted by atomic mass is 16.2. The molecule has 0 aliphatic heterocycles. The molecule has 8 rings (SSSR count). The standard InChI is InChI=1S/C38H33NO2/c1-18-10-9-11-19(2)34(18)39-35(40)32-23-16-25(37(3,4)5)21-14-12-20-13-15-22-26(38(6,7)8)17-24(33(32)36(39)41)31-29(22)27(20)28(21)30(23)31/h9-17H,1-8H3. The highest BCUT2D eigenvalue weighted by Gasteiger charge is 2.32. The summed E-state index contributed by atoms with van der Waals surface area (Å²) in [7, 11) is 0. The van der Waals surface area contributed by atoms with Crippen LogP contribution in [0.5, 0.6) is 0 Å². The molecule has 41 heavy (non-hydrogen) atoms. The molecule has 3 heteroatoms. The third-order valence-electron chi connectivity index (χ3n) is 9.53. The van der Waals surface area contributed by atoms with E-state index in [1.165, 1.54) is 48.0 Å². The summed E-state index contributed by atoms with van der Waals surface area (Å²) in [5.41, 5.74) is 4.21. The summed E-state index contributed by atoms with van der Waals surface area (Å²) in [5.74, 6) is 0. The summed E-state index contributed by atoms with van der Waals surface area (Å²) in [5, 5.41) is 12.6. The first-order chi connectivity index (χ1) is 19.3. The van der Waals surface area contributed by atoms with Gasteiger partial charge in [0.05, 0.1) is 16.5 Å². The van der Waals surface area contributed by atoms with E-state index in [-0.39, 0.29) is 21.9 Å². The van der Waals surface area contributed by atoms with E-state index in [1.807, 2.05) is 32.0 Å². The summed E-state index contributed by atoms with van der Waals surface area (Å²) in [6, 6.07) is 19.4. The van der Waals surface area contributed by atoms with Crippen LogP contribution in [0.15, 0.2) is 64.2 Å². The molecule has 0 amide bonds.